The van der Waals surface area contributed by atoms with Crippen molar-refractivity contribution in [3.63, 3.8) is 0 Å². The second-order valence-electron chi connectivity index (χ2n) is 8.00. The van der Waals surface area contributed by atoms with Crippen LogP contribution in [0.5, 0.6) is 5.88 Å². The first-order valence-corrected chi connectivity index (χ1v) is 10.9. The van der Waals surface area contributed by atoms with Gasteiger partial charge in [0.1, 0.15) is 30.3 Å². The van der Waals surface area contributed by atoms with Crippen molar-refractivity contribution in [1.82, 2.24) is 14.5 Å². The van der Waals surface area contributed by atoms with Crippen LogP contribution in [0.15, 0.2) is 41.5 Å². The molecule has 1 aromatic heterocycles. The summed E-state index contributed by atoms with van der Waals surface area (Å²) in [4.78, 5) is 29.8. The summed E-state index contributed by atoms with van der Waals surface area (Å²) >= 11 is 6.00. The predicted molar refractivity (Wildman–Crippen MR) is 118 cm³/mol. The third kappa shape index (κ3) is 5.15. The molecule has 1 atom stereocenters. The predicted octanol–water partition coefficient (Wildman–Crippen LogP) is 3.47. The van der Waals surface area contributed by atoms with Crippen molar-refractivity contribution in [2.75, 3.05) is 6.54 Å². The summed E-state index contributed by atoms with van der Waals surface area (Å²) in [5.41, 5.74) is 3.91. The van der Waals surface area contributed by atoms with Crippen LogP contribution in [0.25, 0.3) is 5.69 Å². The Morgan fingerprint density at radius 2 is 1.86 bits per heavy atom. The number of nitrogens with two attached hydrogens (primary N) is 1. The van der Waals surface area contributed by atoms with Crippen molar-refractivity contribution in [3.8, 4) is 11.6 Å². The molecular weight excluding hydrogens is 492 g/mol. The lowest BCUT2D eigenvalue weighted by atomic mass is 10.1. The van der Waals surface area contributed by atoms with Crippen molar-refractivity contribution in [1.29, 1.82) is 0 Å². The van der Waals surface area contributed by atoms with E-state index in [4.69, 9.17) is 22.1 Å². The normalized spacial score (nSPS) is 16.0. The molecule has 2 N–H and O–H groups in total. The Kier molecular flexibility index (Phi) is 7.08. The van der Waals surface area contributed by atoms with E-state index in [2.05, 4.69) is 4.98 Å². The molecule has 2 aromatic carbocycles. The van der Waals surface area contributed by atoms with Crippen LogP contribution in [0, 0.1) is 23.3 Å². The first-order chi connectivity index (χ1) is 16.7. The minimum atomic E-state index is -1.04. The molecule has 1 aliphatic heterocycles. The van der Waals surface area contributed by atoms with E-state index in [0.29, 0.717) is 23.6 Å². The van der Waals surface area contributed by atoms with Crippen LogP contribution in [0.3, 0.4) is 0 Å². The minimum absolute atomic E-state index is 0.0160. The SMILES string of the molecule is NC(=O)[C@@H]1CCCN1Cc1cc(F)c(-n2cnc(OCc3ccc(F)cc3F)c(Cl)c2=O)c(F)c1. The Hall–Kier alpha value is -3.44. The van der Waals surface area contributed by atoms with E-state index in [1.54, 1.807) is 4.90 Å². The van der Waals surface area contributed by atoms with Gasteiger partial charge < -0.3 is 10.5 Å². The topological polar surface area (TPSA) is 90.5 Å². The Morgan fingerprint density at radius 3 is 2.51 bits per heavy atom. The summed E-state index contributed by atoms with van der Waals surface area (Å²) in [6.07, 6.45) is 2.13. The van der Waals surface area contributed by atoms with Crippen LogP contribution in [0.2, 0.25) is 5.02 Å². The number of hydrogen-bond acceptors (Lipinski definition) is 5. The highest BCUT2D eigenvalue weighted by Crippen LogP contribution is 2.25. The maximum absolute atomic E-state index is 14.9. The molecule has 2 heterocycles. The number of carbonyl (C=O) groups excluding carboxylic acids is 1. The Labute approximate surface area is 201 Å². The van der Waals surface area contributed by atoms with Gasteiger partial charge >= 0.3 is 0 Å². The Morgan fingerprint density at radius 1 is 1.14 bits per heavy atom. The van der Waals surface area contributed by atoms with Crippen molar-refractivity contribution in [3.05, 3.63) is 86.4 Å². The standard InChI is InChI=1S/C23H19ClF4N4O3/c24-19-22(35-10-13-3-4-14(25)8-15(13)26)30-11-32(23(19)34)20-16(27)6-12(7-17(20)28)9-31-5-1-2-18(31)21(29)33/h3-4,6-8,11,18H,1-2,5,9-10H2,(H2,29,33)/t18-/m0/s1. The number of aromatic nitrogens is 2. The third-order valence-corrected chi connectivity index (χ3v) is 5.98. The second-order valence-corrected chi connectivity index (χ2v) is 8.38. The molecule has 1 aliphatic rings. The second kappa shape index (κ2) is 10.0. The maximum atomic E-state index is 14.9. The van der Waals surface area contributed by atoms with Gasteiger partial charge in [-0.3, -0.25) is 19.1 Å². The Balaban J connectivity index is 1.57. The number of ether oxygens (including phenoxy) is 1. The lowest BCUT2D eigenvalue weighted by Gasteiger charge is -2.22. The van der Waals surface area contributed by atoms with E-state index in [-0.39, 0.29) is 23.6 Å². The molecular formula is C23H19ClF4N4O3. The van der Waals surface area contributed by atoms with Gasteiger partial charge in [-0.2, -0.15) is 0 Å². The van der Waals surface area contributed by atoms with E-state index in [1.165, 1.54) is 0 Å². The van der Waals surface area contributed by atoms with Gasteiger partial charge in [-0.05, 0) is 49.2 Å². The molecule has 7 nitrogen and oxygen atoms in total. The zero-order chi connectivity index (χ0) is 25.3. The highest BCUT2D eigenvalue weighted by molar-refractivity contribution is 6.31. The van der Waals surface area contributed by atoms with Crippen LogP contribution >= 0.6 is 11.6 Å². The van der Waals surface area contributed by atoms with Gasteiger partial charge in [0, 0.05) is 18.2 Å². The fourth-order valence-electron chi connectivity index (χ4n) is 3.97. The molecule has 0 saturated carbocycles. The van der Waals surface area contributed by atoms with Crippen molar-refractivity contribution in [2.45, 2.75) is 32.0 Å². The minimum Gasteiger partial charge on any atom is -0.471 e. The molecule has 0 aliphatic carbocycles. The number of halogens is 5. The molecule has 35 heavy (non-hydrogen) atoms. The molecule has 1 amide bonds. The van der Waals surface area contributed by atoms with Gasteiger partial charge in [0.15, 0.2) is 16.7 Å². The molecule has 4 rings (SSSR count). The average molecular weight is 511 g/mol. The molecule has 12 heteroatoms. The van der Waals surface area contributed by atoms with E-state index in [1.807, 2.05) is 0 Å². The van der Waals surface area contributed by atoms with Crippen LogP contribution in [-0.4, -0.2) is 32.9 Å². The summed E-state index contributed by atoms with van der Waals surface area (Å²) in [6.45, 7) is 0.242. The van der Waals surface area contributed by atoms with Crippen LogP contribution in [0.1, 0.15) is 24.0 Å². The van der Waals surface area contributed by atoms with Crippen molar-refractivity contribution in [2.24, 2.45) is 5.73 Å². The zero-order valence-corrected chi connectivity index (χ0v) is 18.9. The monoisotopic (exact) mass is 510 g/mol. The highest BCUT2D eigenvalue weighted by Gasteiger charge is 2.29. The maximum Gasteiger partial charge on any atom is 0.280 e. The summed E-state index contributed by atoms with van der Waals surface area (Å²) in [6, 6.07) is 4.44. The van der Waals surface area contributed by atoms with Gasteiger partial charge in [0.25, 0.3) is 5.56 Å². The number of rotatable bonds is 7. The number of amides is 1. The van der Waals surface area contributed by atoms with Gasteiger partial charge in [-0.15, -0.1) is 0 Å². The third-order valence-electron chi connectivity index (χ3n) is 5.66. The number of nitrogens with zero attached hydrogens (tertiary/aromatic N) is 3. The fourth-order valence-corrected chi connectivity index (χ4v) is 4.17. The smallest absolute Gasteiger partial charge is 0.280 e. The number of benzene rings is 2. The van der Waals surface area contributed by atoms with E-state index in [9.17, 15) is 27.2 Å². The summed E-state index contributed by atoms with van der Waals surface area (Å²) < 4.78 is 62.5. The molecule has 1 fully saturated rings. The zero-order valence-electron chi connectivity index (χ0n) is 18.1. The first-order valence-electron chi connectivity index (χ1n) is 10.5. The molecule has 0 spiro atoms. The number of hydrogen-bond donors (Lipinski definition) is 1. The van der Waals surface area contributed by atoms with E-state index in [0.717, 1.165) is 37.0 Å². The largest absolute Gasteiger partial charge is 0.471 e. The lowest BCUT2D eigenvalue weighted by molar-refractivity contribution is -0.122. The fraction of sp³-hybridized carbons (Fsp3) is 0.261. The van der Waals surface area contributed by atoms with Gasteiger partial charge in [0.2, 0.25) is 11.8 Å². The van der Waals surface area contributed by atoms with Crippen LogP contribution < -0.4 is 16.0 Å². The molecule has 184 valence electrons. The van der Waals surface area contributed by atoms with Crippen molar-refractivity contribution >= 4 is 17.5 Å². The van der Waals surface area contributed by atoms with E-state index < -0.39 is 58.1 Å². The van der Waals surface area contributed by atoms with E-state index >= 15 is 0 Å². The molecule has 3 aromatic rings. The number of carbonyl (C=O) groups is 1. The lowest BCUT2D eigenvalue weighted by Crippen LogP contribution is -2.39. The summed E-state index contributed by atoms with van der Waals surface area (Å²) in [5.74, 6) is -4.62. The van der Waals surface area contributed by atoms with Crippen molar-refractivity contribution < 1.29 is 27.1 Å². The summed E-state index contributed by atoms with van der Waals surface area (Å²) in [5, 5.41) is -0.584. The molecule has 0 unspecified atom stereocenters. The van der Waals surface area contributed by atoms with Crippen LogP contribution in [0.4, 0.5) is 17.6 Å². The highest BCUT2D eigenvalue weighted by atomic mass is 35.5. The van der Waals surface area contributed by atoms with Gasteiger partial charge in [-0.1, -0.05) is 11.6 Å². The molecule has 1 saturated heterocycles. The quantitative estimate of drug-likeness (QED) is 0.492. The molecule has 0 bridgehead atoms. The van der Waals surface area contributed by atoms with Crippen LogP contribution in [-0.2, 0) is 17.9 Å². The summed E-state index contributed by atoms with van der Waals surface area (Å²) in [7, 11) is 0. The first kappa shape index (κ1) is 24.7. The number of likely N-dealkylation sites (tertiary alicyclic amines) is 1. The van der Waals surface area contributed by atoms with Gasteiger partial charge in [0.05, 0.1) is 6.04 Å². The average Bonchev–Trinajstić information content (AvgIpc) is 3.25. The Bertz CT molecular complexity index is 1330. The number of primary amides is 1. The molecule has 0 radical (unpaired) electrons. The van der Waals surface area contributed by atoms with Gasteiger partial charge in [-0.25, -0.2) is 22.5 Å².